The minimum atomic E-state index is -3.70. The van der Waals surface area contributed by atoms with Crippen LogP contribution in [-0.4, -0.2) is 116 Å². The Morgan fingerprint density at radius 1 is 1.02 bits per heavy atom. The monoisotopic (exact) mass is 800 g/mol. The van der Waals surface area contributed by atoms with Crippen molar-refractivity contribution < 1.29 is 37.5 Å². The van der Waals surface area contributed by atoms with Crippen LogP contribution in [0.1, 0.15) is 107 Å². The smallest absolute Gasteiger partial charge is 0.287 e. The molecule has 4 heterocycles. The summed E-state index contributed by atoms with van der Waals surface area (Å²) in [6, 6.07) is 2.88. The number of Topliss-reactive ketones (excluding diaryl/α,β-unsaturated/α-hetero) is 1. The summed E-state index contributed by atoms with van der Waals surface area (Å²) in [4.78, 5) is 69.9. The van der Waals surface area contributed by atoms with Crippen LogP contribution in [0.4, 0.5) is 0 Å². The molecule has 3 aliphatic heterocycles. The minimum absolute atomic E-state index is 0.0178. The Morgan fingerprint density at radius 3 is 2.29 bits per heavy atom. The molecule has 1 saturated carbocycles. The highest BCUT2D eigenvalue weighted by molar-refractivity contribution is 7.99. The van der Waals surface area contributed by atoms with Crippen LogP contribution in [0.5, 0.6) is 0 Å². The summed E-state index contributed by atoms with van der Waals surface area (Å²) in [5.41, 5.74) is 3.14. The summed E-state index contributed by atoms with van der Waals surface area (Å²) in [6.07, 6.45) is 8.58. The molecule has 0 bridgehead atoms. The Morgan fingerprint density at radius 2 is 1.67 bits per heavy atom. The van der Waals surface area contributed by atoms with Crippen LogP contribution in [0.3, 0.4) is 0 Å². The Kier molecular flexibility index (Phi) is 12.4. The van der Waals surface area contributed by atoms with Crippen molar-refractivity contribution in [3.63, 3.8) is 0 Å². The van der Waals surface area contributed by atoms with Crippen LogP contribution in [0.2, 0.25) is 0 Å². The van der Waals surface area contributed by atoms with Crippen LogP contribution >= 0.6 is 11.8 Å². The van der Waals surface area contributed by atoms with E-state index in [4.69, 9.17) is 5.73 Å². The summed E-state index contributed by atoms with van der Waals surface area (Å²) < 4.78 is 29.2. The Hall–Kier alpha value is -3.87. The molecule has 0 spiro atoms. The van der Waals surface area contributed by atoms with E-state index < -0.39 is 68.7 Å². The molecule has 0 radical (unpaired) electrons. The molecule has 2 aromatic rings. The number of likely N-dealkylation sites (tertiary alicyclic amines) is 1. The van der Waals surface area contributed by atoms with Crippen LogP contribution in [-0.2, 0) is 34.8 Å². The predicted octanol–water partition coefficient (Wildman–Crippen LogP) is 1.64. The van der Waals surface area contributed by atoms with E-state index in [-0.39, 0.29) is 42.2 Å². The number of amides is 4. The minimum Gasteiger partial charge on any atom is -0.384 e. The first-order chi connectivity index (χ1) is 26.1. The number of thioether (sulfide) groups is 1. The Balaban J connectivity index is 1.30. The van der Waals surface area contributed by atoms with Crippen molar-refractivity contribution in [2.45, 2.75) is 119 Å². The molecule has 1 aliphatic carbocycles. The van der Waals surface area contributed by atoms with Gasteiger partial charge in [0.2, 0.25) is 27.6 Å². The van der Waals surface area contributed by atoms with Gasteiger partial charge in [-0.2, -0.15) is 16.1 Å². The third kappa shape index (κ3) is 8.92. The Labute approximate surface area is 325 Å². The van der Waals surface area contributed by atoms with Gasteiger partial charge in [-0.1, -0.05) is 37.3 Å². The molecule has 3 saturated heterocycles. The van der Waals surface area contributed by atoms with E-state index in [1.807, 2.05) is 0 Å². The molecule has 300 valence electrons. The summed E-state index contributed by atoms with van der Waals surface area (Å²) in [5.74, 6) is -2.59. The maximum absolute atomic E-state index is 14.9. The molecule has 6 rings (SSSR count). The number of nitrogens with one attached hydrogen (secondary N) is 2. The highest BCUT2D eigenvalue weighted by Crippen LogP contribution is 2.35. The largest absolute Gasteiger partial charge is 0.384 e. The zero-order valence-corrected chi connectivity index (χ0v) is 33.1. The molecule has 1 aromatic carbocycles. The lowest BCUT2D eigenvalue weighted by Gasteiger charge is -2.37. The van der Waals surface area contributed by atoms with Gasteiger partial charge in [0.1, 0.15) is 23.2 Å². The van der Waals surface area contributed by atoms with Crippen molar-refractivity contribution in [3.05, 3.63) is 41.7 Å². The number of aliphatic hydroxyl groups is 1. The lowest BCUT2D eigenvalue weighted by atomic mass is 9.84. The summed E-state index contributed by atoms with van der Waals surface area (Å²) in [5, 5.41) is 24.9. The summed E-state index contributed by atoms with van der Waals surface area (Å²) >= 11 is 1.59. The third-order valence-electron chi connectivity index (χ3n) is 11.5. The number of hydrogen-bond donors (Lipinski definition) is 4. The van der Waals surface area contributed by atoms with E-state index in [1.165, 1.54) is 44.3 Å². The van der Waals surface area contributed by atoms with Gasteiger partial charge in [0.15, 0.2) is 0 Å². The summed E-state index contributed by atoms with van der Waals surface area (Å²) in [6.45, 7) is 4.03. The number of primary amides is 1. The normalized spacial score (nSPS) is 22.9. The van der Waals surface area contributed by atoms with Gasteiger partial charge in [-0.15, -0.1) is 5.10 Å². The molecule has 4 fully saturated rings. The average Bonchev–Trinajstić information content (AvgIpc) is 3.97. The fourth-order valence-electron chi connectivity index (χ4n) is 8.39. The van der Waals surface area contributed by atoms with E-state index >= 15 is 0 Å². The number of rotatable bonds is 13. The van der Waals surface area contributed by atoms with E-state index in [9.17, 15) is 37.5 Å². The Bertz CT molecular complexity index is 1860. The number of nitrogens with zero attached hydrogens (tertiary/aromatic N) is 5. The average molecular weight is 801 g/mol. The van der Waals surface area contributed by atoms with Crippen molar-refractivity contribution >= 4 is 51.2 Å². The van der Waals surface area contributed by atoms with Gasteiger partial charge in [-0.05, 0) is 87.6 Å². The number of nitrogens with two attached hydrogens (primary N) is 1. The zero-order valence-electron chi connectivity index (χ0n) is 31.4. The van der Waals surface area contributed by atoms with Gasteiger partial charge in [0.25, 0.3) is 11.8 Å². The standard InChI is InChI=1S/C37H52N8O8S2/c1-36(2,51)30-22-39-42-45(30)26-21-29(34(49)41-37(31(46)32(38)47)14-18-54-19-15-37)44(23-26)35(50)28(20-24-8-4-3-5-9-24)40-33(48)25-10-12-27(13-11-25)55(52,53)43-16-6-7-17-43/h10-13,22,24,26,28-29,51H,3-9,14-21,23H2,1-2H3,(H2,38,47)(H,40,48)(H,41,49)/t26-,28+,29-/m0/s1. The maximum atomic E-state index is 14.9. The summed E-state index contributed by atoms with van der Waals surface area (Å²) in [7, 11) is -3.70. The van der Waals surface area contributed by atoms with E-state index in [2.05, 4.69) is 20.9 Å². The maximum Gasteiger partial charge on any atom is 0.287 e. The van der Waals surface area contributed by atoms with Crippen LogP contribution in [0.15, 0.2) is 35.4 Å². The fraction of sp³-hybridized carbons (Fsp3) is 0.649. The number of carbonyl (C=O) groups is 5. The lowest BCUT2D eigenvalue weighted by Crippen LogP contribution is -2.63. The van der Waals surface area contributed by atoms with Crippen LogP contribution < -0.4 is 16.4 Å². The van der Waals surface area contributed by atoms with Crippen molar-refractivity contribution in [1.29, 1.82) is 0 Å². The number of hydrogen-bond acceptors (Lipinski definition) is 11. The molecule has 1 aromatic heterocycles. The molecule has 0 unspecified atom stereocenters. The highest BCUT2D eigenvalue weighted by atomic mass is 32.2. The van der Waals surface area contributed by atoms with Gasteiger partial charge in [0, 0.05) is 31.6 Å². The van der Waals surface area contributed by atoms with Gasteiger partial charge in [-0.3, -0.25) is 24.0 Å². The van der Waals surface area contributed by atoms with Gasteiger partial charge >= 0.3 is 0 Å². The van der Waals surface area contributed by atoms with Crippen molar-refractivity contribution in [3.8, 4) is 0 Å². The zero-order chi connectivity index (χ0) is 39.5. The molecule has 4 aliphatic rings. The molecule has 55 heavy (non-hydrogen) atoms. The van der Waals surface area contributed by atoms with Crippen molar-refractivity contribution in [2.75, 3.05) is 31.1 Å². The second kappa shape index (κ2) is 16.7. The molecule has 3 atom stereocenters. The quantitative estimate of drug-likeness (QED) is 0.213. The second-order valence-corrected chi connectivity index (χ2v) is 19.0. The van der Waals surface area contributed by atoms with Crippen molar-refractivity contribution in [1.82, 2.24) is 34.8 Å². The molecule has 18 heteroatoms. The lowest BCUT2D eigenvalue weighted by molar-refractivity contribution is -0.145. The number of carbonyl (C=O) groups excluding carboxylic acids is 5. The second-order valence-electron chi connectivity index (χ2n) is 15.8. The SMILES string of the molecule is CC(C)(O)c1cnnn1[C@H]1C[C@@H](C(=O)NC2(C(=O)C(N)=O)CCSCC2)N(C(=O)[C@@H](CC2CCCCC2)NC(=O)c2ccc(S(=O)(=O)N3CCCC3)cc2)C1. The number of benzene rings is 1. The van der Waals surface area contributed by atoms with Crippen LogP contribution in [0.25, 0.3) is 0 Å². The van der Waals surface area contributed by atoms with Gasteiger partial charge < -0.3 is 26.4 Å². The molecular formula is C37H52N8O8S2. The number of ketones is 1. The topological polar surface area (TPSA) is 227 Å². The van der Waals surface area contributed by atoms with E-state index in [0.717, 1.165) is 44.9 Å². The number of aromatic nitrogens is 3. The molecule has 5 N–H and O–H groups in total. The third-order valence-corrected chi connectivity index (χ3v) is 14.4. The highest BCUT2D eigenvalue weighted by Gasteiger charge is 2.49. The van der Waals surface area contributed by atoms with Gasteiger partial charge in [0.05, 0.1) is 22.8 Å². The predicted molar refractivity (Wildman–Crippen MR) is 203 cm³/mol. The van der Waals surface area contributed by atoms with Crippen LogP contribution in [0, 0.1) is 5.92 Å². The number of sulfonamides is 1. The molecular weight excluding hydrogens is 749 g/mol. The molecule has 16 nitrogen and oxygen atoms in total. The fourth-order valence-corrected chi connectivity index (χ4v) is 11.1. The first-order valence-electron chi connectivity index (χ1n) is 19.2. The first kappa shape index (κ1) is 40.8. The van der Waals surface area contributed by atoms with Gasteiger partial charge in [-0.25, -0.2) is 13.1 Å². The van der Waals surface area contributed by atoms with E-state index in [0.29, 0.717) is 36.7 Å². The first-order valence-corrected chi connectivity index (χ1v) is 21.8. The molecule has 4 amide bonds. The van der Waals surface area contributed by atoms with Crippen molar-refractivity contribution in [2.24, 2.45) is 11.7 Å². The van der Waals surface area contributed by atoms with E-state index in [1.54, 1.807) is 25.6 Å².